The van der Waals surface area contributed by atoms with Crippen molar-refractivity contribution >= 4 is 28.6 Å². The molecule has 0 amide bonds. The summed E-state index contributed by atoms with van der Waals surface area (Å²) in [4.78, 5) is 10.9. The summed E-state index contributed by atoms with van der Waals surface area (Å²) in [6.45, 7) is 3.89. The van der Waals surface area contributed by atoms with E-state index in [9.17, 15) is 13.6 Å². The first kappa shape index (κ1) is 16.1. The Morgan fingerprint density at radius 3 is 2.31 bits per heavy atom. The molecular weight excluding hydrogens is 329 g/mol. The van der Waals surface area contributed by atoms with Crippen LogP contribution in [0.1, 0.15) is 46.0 Å². The molecule has 16 heavy (non-hydrogen) atoms. The van der Waals surface area contributed by atoms with Crippen LogP contribution < -0.4 is 0 Å². The smallest absolute Gasteiger partial charge is 0.376 e. The van der Waals surface area contributed by atoms with Gasteiger partial charge in [-0.15, -0.1) is 0 Å². The molecule has 0 heterocycles. The summed E-state index contributed by atoms with van der Waals surface area (Å²) < 4.78 is 30.5. The second kappa shape index (κ2) is 6.71. The summed E-state index contributed by atoms with van der Waals surface area (Å²) in [5, 5.41) is 0. The lowest BCUT2D eigenvalue weighted by molar-refractivity contribution is -0.170. The summed E-state index contributed by atoms with van der Waals surface area (Å²) in [5.74, 6) is -4.81. The zero-order valence-electron chi connectivity index (χ0n) is 9.99. The van der Waals surface area contributed by atoms with Crippen LogP contribution >= 0.6 is 22.6 Å². The molecule has 1 unspecified atom stereocenters. The molecule has 0 aliphatic heterocycles. The van der Waals surface area contributed by atoms with Crippen LogP contribution in [0.5, 0.6) is 0 Å². The second-order valence-electron chi connectivity index (χ2n) is 3.98. The van der Waals surface area contributed by atoms with Crippen molar-refractivity contribution in [1.29, 1.82) is 0 Å². The third-order valence-electron chi connectivity index (χ3n) is 2.63. The molecule has 0 rings (SSSR count). The molecule has 96 valence electrons. The minimum Gasteiger partial charge on any atom is -0.465 e. The number of hydrogen-bond acceptors (Lipinski definition) is 2. The van der Waals surface area contributed by atoms with Gasteiger partial charge in [-0.25, -0.2) is 4.79 Å². The maximum absolute atomic E-state index is 13.4. The number of hydrogen-bond donors (Lipinski definition) is 0. The van der Waals surface area contributed by atoms with E-state index in [1.165, 1.54) is 0 Å². The number of methoxy groups -OCH3 is 1. The first-order valence-electron chi connectivity index (χ1n) is 5.46. The number of alkyl halides is 3. The Morgan fingerprint density at radius 2 is 1.94 bits per heavy atom. The number of esters is 1. The van der Waals surface area contributed by atoms with Crippen LogP contribution in [0.2, 0.25) is 0 Å². The summed E-state index contributed by atoms with van der Waals surface area (Å²) >= 11 is 2.05. The fraction of sp³-hybridized carbons (Fsp3) is 0.909. The molecule has 5 heteroatoms. The van der Waals surface area contributed by atoms with Gasteiger partial charge in [-0.1, -0.05) is 49.3 Å². The van der Waals surface area contributed by atoms with E-state index in [0.29, 0.717) is 12.8 Å². The molecule has 0 aromatic heterocycles. The average Bonchev–Trinajstić information content (AvgIpc) is 2.24. The number of carbonyl (C=O) groups excluding carboxylic acids is 1. The van der Waals surface area contributed by atoms with Gasteiger partial charge in [-0.2, -0.15) is 8.78 Å². The van der Waals surface area contributed by atoms with E-state index >= 15 is 0 Å². The molecule has 0 aromatic carbocycles. The summed E-state index contributed by atoms with van der Waals surface area (Å²) in [7, 11) is 0.989. The van der Waals surface area contributed by atoms with Gasteiger partial charge in [-0.3, -0.25) is 0 Å². The second-order valence-corrected chi connectivity index (χ2v) is 6.27. The molecular formula is C11H19F2IO2. The van der Waals surface area contributed by atoms with Gasteiger partial charge in [0.15, 0.2) is 0 Å². The van der Waals surface area contributed by atoms with Gasteiger partial charge in [-0.05, 0) is 12.8 Å². The third kappa shape index (κ3) is 4.93. The first-order valence-corrected chi connectivity index (χ1v) is 6.54. The standard InChI is InChI=1S/C11H19F2IO2/c1-4-6-7-10(14,5-2)8-11(12,13)9(15)16-3/h4-8H2,1-3H3. The Hall–Kier alpha value is 0.0600. The van der Waals surface area contributed by atoms with Crippen molar-refractivity contribution < 1.29 is 18.3 Å². The Kier molecular flexibility index (Phi) is 6.74. The third-order valence-corrected chi connectivity index (χ3v) is 4.32. The zero-order valence-corrected chi connectivity index (χ0v) is 12.1. The van der Waals surface area contributed by atoms with E-state index < -0.39 is 21.7 Å². The van der Waals surface area contributed by atoms with Crippen LogP contribution in [0, 0.1) is 0 Å². The lowest BCUT2D eigenvalue weighted by Crippen LogP contribution is -2.38. The normalized spacial score (nSPS) is 15.6. The predicted octanol–water partition coefficient (Wildman–Crippen LogP) is 3.96. The topological polar surface area (TPSA) is 26.3 Å². The molecule has 1 atom stereocenters. The van der Waals surface area contributed by atoms with Gasteiger partial charge in [0.05, 0.1) is 7.11 Å². The molecule has 0 fully saturated rings. The highest BCUT2D eigenvalue weighted by molar-refractivity contribution is 14.1. The van der Waals surface area contributed by atoms with Crippen molar-refractivity contribution in [3.63, 3.8) is 0 Å². The molecule has 0 saturated heterocycles. The maximum atomic E-state index is 13.4. The lowest BCUT2D eigenvalue weighted by atomic mass is 9.92. The largest absolute Gasteiger partial charge is 0.465 e. The number of halogens is 3. The molecule has 0 spiro atoms. The van der Waals surface area contributed by atoms with Crippen LogP contribution in [0.25, 0.3) is 0 Å². The van der Waals surface area contributed by atoms with Crippen molar-refractivity contribution in [3.05, 3.63) is 0 Å². The van der Waals surface area contributed by atoms with Crippen molar-refractivity contribution in [2.24, 2.45) is 0 Å². The SMILES string of the molecule is CCCCC(I)(CC)CC(F)(F)C(=O)OC. The van der Waals surface area contributed by atoms with Crippen molar-refractivity contribution in [2.45, 2.75) is 55.3 Å². The zero-order chi connectivity index (χ0) is 12.8. The van der Waals surface area contributed by atoms with E-state index in [-0.39, 0.29) is 0 Å². The predicted molar refractivity (Wildman–Crippen MR) is 68.1 cm³/mol. The van der Waals surface area contributed by atoms with Gasteiger partial charge in [0.25, 0.3) is 0 Å². The Labute approximate surface area is 109 Å². The highest BCUT2D eigenvalue weighted by Crippen LogP contribution is 2.40. The molecule has 0 aromatic rings. The molecule has 0 aliphatic rings. The number of carbonyl (C=O) groups is 1. The van der Waals surface area contributed by atoms with Crippen LogP contribution in [-0.4, -0.2) is 22.4 Å². The van der Waals surface area contributed by atoms with E-state index in [1.807, 2.05) is 36.4 Å². The van der Waals surface area contributed by atoms with Crippen molar-refractivity contribution in [3.8, 4) is 0 Å². The average molecular weight is 348 g/mol. The first-order chi connectivity index (χ1) is 7.31. The van der Waals surface area contributed by atoms with E-state index in [1.54, 1.807) is 0 Å². The van der Waals surface area contributed by atoms with Crippen LogP contribution in [0.4, 0.5) is 8.78 Å². The molecule has 0 aliphatic carbocycles. The fourth-order valence-corrected chi connectivity index (χ4v) is 2.36. The monoisotopic (exact) mass is 348 g/mol. The van der Waals surface area contributed by atoms with E-state index in [0.717, 1.165) is 20.0 Å². The molecule has 0 N–H and O–H groups in total. The lowest BCUT2D eigenvalue weighted by Gasteiger charge is -2.29. The number of unbranched alkanes of at least 4 members (excludes halogenated alkanes) is 1. The van der Waals surface area contributed by atoms with E-state index in [4.69, 9.17) is 0 Å². The number of ether oxygens (including phenoxy) is 1. The summed E-state index contributed by atoms with van der Waals surface area (Å²) in [6.07, 6.45) is 2.75. The van der Waals surface area contributed by atoms with Gasteiger partial charge in [0.2, 0.25) is 0 Å². The Morgan fingerprint density at radius 1 is 1.38 bits per heavy atom. The van der Waals surface area contributed by atoms with Crippen LogP contribution in [0.15, 0.2) is 0 Å². The summed E-state index contributed by atoms with van der Waals surface area (Å²) in [6, 6.07) is 0. The minimum atomic E-state index is -3.38. The Balaban J connectivity index is 4.56. The minimum absolute atomic E-state index is 0.441. The van der Waals surface area contributed by atoms with Crippen LogP contribution in [-0.2, 0) is 9.53 Å². The Bertz CT molecular complexity index is 234. The van der Waals surface area contributed by atoms with Gasteiger partial charge < -0.3 is 4.74 Å². The molecule has 2 nitrogen and oxygen atoms in total. The molecule has 0 saturated carbocycles. The van der Waals surface area contributed by atoms with Crippen LogP contribution in [0.3, 0.4) is 0 Å². The number of rotatable bonds is 7. The maximum Gasteiger partial charge on any atom is 0.376 e. The van der Waals surface area contributed by atoms with E-state index in [2.05, 4.69) is 4.74 Å². The summed E-state index contributed by atoms with van der Waals surface area (Å²) in [5.41, 5.74) is 0. The van der Waals surface area contributed by atoms with Gasteiger partial charge in [0.1, 0.15) is 0 Å². The van der Waals surface area contributed by atoms with Crippen molar-refractivity contribution in [1.82, 2.24) is 0 Å². The van der Waals surface area contributed by atoms with Gasteiger partial charge in [0, 0.05) is 9.84 Å². The fourth-order valence-electron chi connectivity index (χ4n) is 1.50. The molecule has 0 bridgehead atoms. The highest BCUT2D eigenvalue weighted by atomic mass is 127. The highest BCUT2D eigenvalue weighted by Gasteiger charge is 2.46. The quantitative estimate of drug-likeness (QED) is 0.396. The molecule has 0 radical (unpaired) electrons. The van der Waals surface area contributed by atoms with Gasteiger partial charge >= 0.3 is 11.9 Å². The van der Waals surface area contributed by atoms with Crippen molar-refractivity contribution in [2.75, 3.05) is 7.11 Å².